The topological polar surface area (TPSA) is 66.8 Å². The van der Waals surface area contributed by atoms with Crippen molar-refractivity contribution in [1.82, 2.24) is 4.90 Å². The molecule has 0 saturated heterocycles. The molecule has 108 valence electrons. The molecule has 1 amide bonds. The summed E-state index contributed by atoms with van der Waals surface area (Å²) in [4.78, 5) is 25.9. The number of hydrogen-bond acceptors (Lipinski definition) is 4. The number of methoxy groups -OCH3 is 1. The average Bonchev–Trinajstić information content (AvgIpc) is 2.75. The Hall–Kier alpha value is -1.88. The summed E-state index contributed by atoms with van der Waals surface area (Å²) in [6, 6.07) is 4.65. The second-order valence-electron chi connectivity index (χ2n) is 5.29. The van der Waals surface area contributed by atoms with Gasteiger partial charge in [0.2, 0.25) is 0 Å². The van der Waals surface area contributed by atoms with E-state index in [1.54, 1.807) is 17.0 Å². The number of fused-ring (bicyclic) bond motifs is 1. The van der Waals surface area contributed by atoms with Crippen molar-refractivity contribution < 1.29 is 19.4 Å². The lowest BCUT2D eigenvalue weighted by Crippen LogP contribution is -2.45. The van der Waals surface area contributed by atoms with Crippen LogP contribution in [0.3, 0.4) is 0 Å². The molecule has 0 aliphatic carbocycles. The van der Waals surface area contributed by atoms with E-state index in [4.69, 9.17) is 9.84 Å². The summed E-state index contributed by atoms with van der Waals surface area (Å²) in [6.07, 6.45) is 0. The maximum atomic E-state index is 12.4. The Balaban J connectivity index is 2.33. The number of esters is 1. The van der Waals surface area contributed by atoms with Gasteiger partial charge in [0.05, 0.1) is 13.7 Å². The van der Waals surface area contributed by atoms with Gasteiger partial charge in [-0.25, -0.2) is 4.79 Å². The number of hydrogen-bond donors (Lipinski definition) is 1. The van der Waals surface area contributed by atoms with Crippen molar-refractivity contribution in [3.63, 3.8) is 0 Å². The molecule has 20 heavy (non-hydrogen) atoms. The lowest BCUT2D eigenvalue weighted by Gasteiger charge is -2.28. The molecule has 1 N–H and O–H groups in total. The zero-order valence-corrected chi connectivity index (χ0v) is 11.9. The van der Waals surface area contributed by atoms with Crippen LogP contribution in [0.2, 0.25) is 0 Å². The van der Waals surface area contributed by atoms with E-state index in [9.17, 15) is 9.59 Å². The van der Waals surface area contributed by atoms with E-state index in [0.29, 0.717) is 12.1 Å². The molecule has 1 atom stereocenters. The molecule has 0 aromatic heterocycles. The first-order valence-electron chi connectivity index (χ1n) is 6.61. The minimum absolute atomic E-state index is 0.0296. The van der Waals surface area contributed by atoms with Gasteiger partial charge in [-0.15, -0.1) is 0 Å². The first kappa shape index (κ1) is 14.5. The van der Waals surface area contributed by atoms with Gasteiger partial charge in [-0.05, 0) is 23.1 Å². The number of aliphatic hydroxyl groups excluding tert-OH is 1. The van der Waals surface area contributed by atoms with Crippen LogP contribution in [0.1, 0.15) is 35.3 Å². The molecule has 0 fully saturated rings. The van der Waals surface area contributed by atoms with Gasteiger partial charge < -0.3 is 14.7 Å². The highest BCUT2D eigenvalue weighted by molar-refractivity contribution is 6.00. The van der Waals surface area contributed by atoms with E-state index in [1.807, 2.05) is 19.9 Å². The van der Waals surface area contributed by atoms with Crippen molar-refractivity contribution >= 4 is 11.9 Å². The highest BCUT2D eigenvalue weighted by Gasteiger charge is 2.38. The predicted molar refractivity (Wildman–Crippen MR) is 72.9 cm³/mol. The summed E-state index contributed by atoms with van der Waals surface area (Å²) in [5.41, 5.74) is 2.20. The van der Waals surface area contributed by atoms with Gasteiger partial charge in [0.25, 0.3) is 5.91 Å². The second kappa shape index (κ2) is 5.63. The number of carbonyl (C=O) groups is 2. The third-order valence-electron chi connectivity index (χ3n) is 3.59. The molecule has 1 aliphatic rings. The van der Waals surface area contributed by atoms with Crippen LogP contribution >= 0.6 is 0 Å². The Morgan fingerprint density at radius 3 is 2.70 bits per heavy atom. The molecule has 1 aliphatic heterocycles. The Kier molecular flexibility index (Phi) is 4.09. The standard InChI is InChI=1S/C15H19NO4/c1-9(2)13(15(19)20-3)16-7-11-6-10(8-17)4-5-12(11)14(16)18/h4-6,9,13,17H,7-8H2,1-3H3/t13-/m0/s1. The molecule has 5 nitrogen and oxygen atoms in total. The molecule has 5 heteroatoms. The van der Waals surface area contributed by atoms with Crippen molar-refractivity contribution in [2.75, 3.05) is 7.11 Å². The fourth-order valence-electron chi connectivity index (χ4n) is 2.60. The third-order valence-corrected chi connectivity index (χ3v) is 3.59. The SMILES string of the molecule is COC(=O)[C@H](C(C)C)N1Cc2cc(CO)ccc2C1=O. The van der Waals surface area contributed by atoms with Crippen LogP contribution in [-0.4, -0.2) is 35.0 Å². The number of rotatable bonds is 4. The average molecular weight is 277 g/mol. The van der Waals surface area contributed by atoms with Gasteiger partial charge in [-0.3, -0.25) is 4.79 Å². The minimum atomic E-state index is -0.586. The zero-order chi connectivity index (χ0) is 14.9. The fraction of sp³-hybridized carbons (Fsp3) is 0.467. The number of aliphatic hydroxyl groups is 1. The largest absolute Gasteiger partial charge is 0.467 e. The molecule has 1 heterocycles. The van der Waals surface area contributed by atoms with Crippen molar-refractivity contribution in [1.29, 1.82) is 0 Å². The molecule has 0 saturated carbocycles. The van der Waals surface area contributed by atoms with Crippen molar-refractivity contribution in [3.8, 4) is 0 Å². The zero-order valence-electron chi connectivity index (χ0n) is 11.9. The molecular weight excluding hydrogens is 258 g/mol. The quantitative estimate of drug-likeness (QED) is 0.843. The van der Waals surface area contributed by atoms with Gasteiger partial charge in [-0.1, -0.05) is 26.0 Å². The maximum Gasteiger partial charge on any atom is 0.328 e. The summed E-state index contributed by atoms with van der Waals surface area (Å²) < 4.78 is 4.81. The van der Waals surface area contributed by atoms with Gasteiger partial charge >= 0.3 is 5.97 Å². The molecule has 0 unspecified atom stereocenters. The van der Waals surface area contributed by atoms with E-state index >= 15 is 0 Å². The van der Waals surface area contributed by atoms with Crippen LogP contribution in [0.4, 0.5) is 0 Å². The monoisotopic (exact) mass is 277 g/mol. The summed E-state index contributed by atoms with van der Waals surface area (Å²) in [6.45, 7) is 4.08. The van der Waals surface area contributed by atoms with Crippen LogP contribution in [0.15, 0.2) is 18.2 Å². The molecule has 0 radical (unpaired) electrons. The number of carbonyl (C=O) groups excluding carboxylic acids is 2. The number of benzene rings is 1. The normalized spacial score (nSPS) is 15.4. The predicted octanol–water partition coefficient (Wildman–Crippen LogP) is 1.33. The van der Waals surface area contributed by atoms with Gasteiger partial charge in [0.15, 0.2) is 0 Å². The summed E-state index contributed by atoms with van der Waals surface area (Å²) in [7, 11) is 1.33. The highest BCUT2D eigenvalue weighted by atomic mass is 16.5. The van der Waals surface area contributed by atoms with Crippen LogP contribution in [0.25, 0.3) is 0 Å². The molecule has 2 rings (SSSR count). The number of nitrogens with zero attached hydrogens (tertiary/aromatic N) is 1. The van der Waals surface area contributed by atoms with Gasteiger partial charge in [-0.2, -0.15) is 0 Å². The van der Waals surface area contributed by atoms with E-state index in [0.717, 1.165) is 11.1 Å². The molecule has 0 bridgehead atoms. The Bertz CT molecular complexity index is 539. The van der Waals surface area contributed by atoms with Gasteiger partial charge in [0, 0.05) is 12.1 Å². The summed E-state index contributed by atoms with van der Waals surface area (Å²) in [5.74, 6) is -0.588. The number of amides is 1. The van der Waals surface area contributed by atoms with E-state index in [1.165, 1.54) is 7.11 Å². The van der Waals surface area contributed by atoms with Crippen LogP contribution < -0.4 is 0 Å². The first-order chi connectivity index (χ1) is 9.49. The summed E-state index contributed by atoms with van der Waals surface area (Å²) in [5, 5.41) is 9.15. The molecule has 1 aromatic carbocycles. The molecule has 1 aromatic rings. The Morgan fingerprint density at radius 2 is 2.15 bits per heavy atom. The van der Waals surface area contributed by atoms with Crippen LogP contribution in [0, 0.1) is 5.92 Å². The third kappa shape index (κ3) is 2.41. The Labute approximate surface area is 118 Å². The first-order valence-corrected chi connectivity index (χ1v) is 6.61. The molecular formula is C15H19NO4. The van der Waals surface area contributed by atoms with Gasteiger partial charge in [0.1, 0.15) is 6.04 Å². The van der Waals surface area contributed by atoms with Crippen LogP contribution in [0.5, 0.6) is 0 Å². The minimum Gasteiger partial charge on any atom is -0.467 e. The van der Waals surface area contributed by atoms with E-state index in [2.05, 4.69) is 0 Å². The lowest BCUT2D eigenvalue weighted by molar-refractivity contribution is -0.147. The Morgan fingerprint density at radius 1 is 1.45 bits per heavy atom. The van der Waals surface area contributed by atoms with Crippen molar-refractivity contribution in [3.05, 3.63) is 34.9 Å². The molecule has 0 spiro atoms. The second-order valence-corrected chi connectivity index (χ2v) is 5.29. The smallest absolute Gasteiger partial charge is 0.328 e. The van der Waals surface area contributed by atoms with Crippen molar-refractivity contribution in [2.24, 2.45) is 5.92 Å². The maximum absolute atomic E-state index is 12.4. The van der Waals surface area contributed by atoms with E-state index < -0.39 is 12.0 Å². The fourth-order valence-corrected chi connectivity index (χ4v) is 2.60. The lowest BCUT2D eigenvalue weighted by atomic mass is 10.0. The summed E-state index contributed by atoms with van der Waals surface area (Å²) >= 11 is 0. The van der Waals surface area contributed by atoms with Crippen molar-refractivity contribution in [2.45, 2.75) is 33.0 Å². The van der Waals surface area contributed by atoms with E-state index in [-0.39, 0.29) is 18.4 Å². The highest BCUT2D eigenvalue weighted by Crippen LogP contribution is 2.28. The van der Waals surface area contributed by atoms with Crippen LogP contribution in [-0.2, 0) is 22.7 Å². The number of ether oxygens (including phenoxy) is 1.